The minimum atomic E-state index is -6.34. The van der Waals surface area contributed by atoms with E-state index in [9.17, 15) is 39.5 Å². The molecule has 0 aliphatic rings. The summed E-state index contributed by atoms with van der Waals surface area (Å²) in [5.74, 6) is -18.1. The van der Waals surface area contributed by atoms with Crippen LogP contribution in [0.5, 0.6) is 0 Å². The van der Waals surface area contributed by atoms with Crippen molar-refractivity contribution in [3.63, 3.8) is 0 Å². The molecular formula is C16H10F9I. The second kappa shape index (κ2) is 7.08. The zero-order chi connectivity index (χ0) is 19.9. The third kappa shape index (κ3) is 3.36. The van der Waals surface area contributed by atoms with E-state index < -0.39 is 39.9 Å². The van der Waals surface area contributed by atoms with Gasteiger partial charge in [-0.25, -0.2) is 13.2 Å². The molecule has 2 atom stereocenters. The Morgan fingerprint density at radius 1 is 0.731 bits per heavy atom. The van der Waals surface area contributed by atoms with E-state index in [1.165, 1.54) is 12.1 Å². The third-order valence-electron chi connectivity index (χ3n) is 3.79. The smallest absolute Gasteiger partial charge is 0.234 e. The Hall–Kier alpha value is -1.20. The molecule has 0 N–H and O–H groups in total. The Morgan fingerprint density at radius 2 is 1.27 bits per heavy atom. The SMILES string of the molecule is FC(F)C(F)C(F)(F)C(F)(F)C(F)(F)C(I)c1ccc2ccccc2c1. The topological polar surface area (TPSA) is 0 Å². The molecule has 0 fully saturated rings. The lowest BCUT2D eigenvalue weighted by atomic mass is 9.94. The van der Waals surface area contributed by atoms with Gasteiger partial charge in [-0.05, 0) is 22.4 Å². The van der Waals surface area contributed by atoms with Gasteiger partial charge in [0.25, 0.3) is 6.43 Å². The van der Waals surface area contributed by atoms with E-state index in [1.54, 1.807) is 18.2 Å². The van der Waals surface area contributed by atoms with Gasteiger partial charge >= 0.3 is 17.8 Å². The van der Waals surface area contributed by atoms with Crippen LogP contribution in [0.4, 0.5) is 39.5 Å². The number of hydrogen-bond acceptors (Lipinski definition) is 0. The Kier molecular flexibility index (Phi) is 5.75. The molecule has 0 spiro atoms. The zero-order valence-corrected chi connectivity index (χ0v) is 14.7. The van der Waals surface area contributed by atoms with Gasteiger partial charge in [0.15, 0.2) is 0 Å². The quantitative estimate of drug-likeness (QED) is 0.232. The summed E-state index contributed by atoms with van der Waals surface area (Å²) >= 11 is 0.816. The molecule has 0 nitrogen and oxygen atoms in total. The molecule has 0 aromatic heterocycles. The summed E-state index contributed by atoms with van der Waals surface area (Å²) in [5.41, 5.74) is -0.433. The highest BCUT2D eigenvalue weighted by molar-refractivity contribution is 14.1. The molecule has 144 valence electrons. The molecular weight excluding hydrogens is 490 g/mol. The lowest BCUT2D eigenvalue weighted by Gasteiger charge is -2.36. The maximum absolute atomic E-state index is 14.2. The van der Waals surface area contributed by atoms with Gasteiger partial charge in [-0.1, -0.05) is 59.0 Å². The number of hydrogen-bond donors (Lipinski definition) is 0. The molecule has 0 aliphatic carbocycles. The Morgan fingerprint density at radius 3 is 1.81 bits per heavy atom. The van der Waals surface area contributed by atoms with Gasteiger partial charge < -0.3 is 0 Å². The molecule has 0 saturated heterocycles. The number of rotatable bonds is 6. The van der Waals surface area contributed by atoms with Crippen molar-refractivity contribution < 1.29 is 39.5 Å². The van der Waals surface area contributed by atoms with E-state index in [0.29, 0.717) is 10.8 Å². The van der Waals surface area contributed by atoms with Crippen LogP contribution in [0.3, 0.4) is 0 Å². The zero-order valence-electron chi connectivity index (χ0n) is 12.6. The minimum Gasteiger partial charge on any atom is -0.234 e. The summed E-state index contributed by atoms with van der Waals surface area (Å²) in [4.78, 5) is 0. The molecule has 2 aromatic rings. The summed E-state index contributed by atoms with van der Waals surface area (Å²) in [6.45, 7) is 0. The van der Waals surface area contributed by atoms with Crippen molar-refractivity contribution in [2.75, 3.05) is 0 Å². The standard InChI is InChI=1S/C16H10F9I/c17-11(13(18)19)14(20,21)16(24,25)15(22,23)12(26)10-6-5-8-3-1-2-4-9(8)7-10/h1-7,11-13H. The third-order valence-corrected chi connectivity index (χ3v) is 5.29. The van der Waals surface area contributed by atoms with Crippen LogP contribution in [0.15, 0.2) is 42.5 Å². The van der Waals surface area contributed by atoms with E-state index in [-0.39, 0.29) is 0 Å². The minimum absolute atomic E-state index is 0.383. The van der Waals surface area contributed by atoms with Crippen molar-refractivity contribution in [3.05, 3.63) is 48.0 Å². The van der Waals surface area contributed by atoms with Crippen LogP contribution < -0.4 is 0 Å². The molecule has 0 heterocycles. The second-order valence-corrected chi connectivity index (χ2v) is 6.77. The number of halogens is 10. The van der Waals surface area contributed by atoms with E-state index in [1.807, 2.05) is 0 Å². The van der Waals surface area contributed by atoms with E-state index in [0.717, 1.165) is 34.7 Å². The fourth-order valence-electron chi connectivity index (χ4n) is 2.29. The van der Waals surface area contributed by atoms with Crippen LogP contribution >= 0.6 is 22.6 Å². The molecule has 0 aliphatic heterocycles. The van der Waals surface area contributed by atoms with Crippen molar-refractivity contribution >= 4 is 33.4 Å². The Labute approximate surface area is 155 Å². The van der Waals surface area contributed by atoms with E-state index in [4.69, 9.17) is 0 Å². The fourth-order valence-corrected chi connectivity index (χ4v) is 3.07. The van der Waals surface area contributed by atoms with Crippen LogP contribution in [0.2, 0.25) is 0 Å². The van der Waals surface area contributed by atoms with Crippen LogP contribution in [0.25, 0.3) is 10.8 Å². The summed E-state index contributed by atoms with van der Waals surface area (Å²) < 4.78 is 117. The summed E-state index contributed by atoms with van der Waals surface area (Å²) in [7, 11) is 0. The molecule has 0 bridgehead atoms. The average molecular weight is 500 g/mol. The van der Waals surface area contributed by atoms with Crippen molar-refractivity contribution in [1.82, 2.24) is 0 Å². The van der Waals surface area contributed by atoms with E-state index in [2.05, 4.69) is 0 Å². The highest BCUT2D eigenvalue weighted by atomic mass is 127. The lowest BCUT2D eigenvalue weighted by Crippen LogP contribution is -2.61. The molecule has 0 amide bonds. The molecule has 10 heteroatoms. The molecule has 2 aromatic carbocycles. The Bertz CT molecular complexity index is 775. The average Bonchev–Trinajstić information content (AvgIpc) is 2.59. The summed E-state index contributed by atoms with van der Waals surface area (Å²) in [6.07, 6.45) is -9.27. The van der Waals surface area contributed by atoms with Crippen molar-refractivity contribution in [3.8, 4) is 0 Å². The monoisotopic (exact) mass is 500 g/mol. The molecule has 0 saturated carbocycles. The fraction of sp³-hybridized carbons (Fsp3) is 0.375. The van der Waals surface area contributed by atoms with Crippen LogP contribution in [0.1, 0.15) is 9.49 Å². The first kappa shape index (κ1) is 21.1. The van der Waals surface area contributed by atoms with Crippen molar-refractivity contribution in [1.29, 1.82) is 0 Å². The molecule has 2 rings (SSSR count). The number of fused-ring (bicyclic) bond motifs is 1. The van der Waals surface area contributed by atoms with Gasteiger partial charge in [0.1, 0.15) is 3.92 Å². The maximum atomic E-state index is 14.2. The second-order valence-electron chi connectivity index (χ2n) is 5.53. The molecule has 26 heavy (non-hydrogen) atoms. The normalized spacial score (nSPS) is 16.1. The summed E-state index contributed by atoms with van der Waals surface area (Å²) in [5, 5.41) is 0.968. The highest BCUT2D eigenvalue weighted by Crippen LogP contribution is 2.56. The van der Waals surface area contributed by atoms with Gasteiger partial charge in [-0.2, -0.15) is 26.3 Å². The van der Waals surface area contributed by atoms with Crippen LogP contribution in [-0.4, -0.2) is 30.4 Å². The van der Waals surface area contributed by atoms with Gasteiger partial charge in [0, 0.05) is 0 Å². The maximum Gasteiger partial charge on any atom is 0.376 e. The largest absolute Gasteiger partial charge is 0.376 e. The van der Waals surface area contributed by atoms with Gasteiger partial charge in [0.2, 0.25) is 6.17 Å². The number of alkyl halides is 10. The predicted molar refractivity (Wildman–Crippen MR) is 86.5 cm³/mol. The predicted octanol–water partition coefficient (Wildman–Crippen LogP) is 6.83. The van der Waals surface area contributed by atoms with Crippen molar-refractivity contribution in [2.24, 2.45) is 0 Å². The van der Waals surface area contributed by atoms with Crippen LogP contribution in [-0.2, 0) is 0 Å². The van der Waals surface area contributed by atoms with Gasteiger partial charge in [-0.3, -0.25) is 0 Å². The lowest BCUT2D eigenvalue weighted by molar-refractivity contribution is -0.332. The Balaban J connectivity index is 2.45. The van der Waals surface area contributed by atoms with Gasteiger partial charge in [-0.15, -0.1) is 0 Å². The first-order chi connectivity index (χ1) is 11.8. The summed E-state index contributed by atoms with van der Waals surface area (Å²) in [6, 6.07) is 9.72. The van der Waals surface area contributed by atoms with E-state index >= 15 is 0 Å². The highest BCUT2D eigenvalue weighted by Gasteiger charge is 2.77. The molecule has 0 radical (unpaired) electrons. The number of benzene rings is 2. The van der Waals surface area contributed by atoms with Gasteiger partial charge in [0.05, 0.1) is 0 Å². The molecule has 2 unspecified atom stereocenters. The van der Waals surface area contributed by atoms with Crippen molar-refractivity contribution in [2.45, 2.75) is 34.3 Å². The first-order valence-corrected chi connectivity index (χ1v) is 8.27. The first-order valence-electron chi connectivity index (χ1n) is 7.02. The van der Waals surface area contributed by atoms with Crippen LogP contribution in [0, 0.1) is 0 Å².